The summed E-state index contributed by atoms with van der Waals surface area (Å²) in [6.45, 7) is 7.04. The van der Waals surface area contributed by atoms with Gasteiger partial charge in [0.15, 0.2) is 0 Å². The molecule has 0 spiro atoms. The first kappa shape index (κ1) is 13.6. The molecular formula is C14H22N4O2. The molecule has 2 aliphatic heterocycles. The average Bonchev–Trinajstić information content (AvgIpc) is 2.95. The first-order valence-electron chi connectivity index (χ1n) is 7.34. The zero-order valence-electron chi connectivity index (χ0n) is 12.0. The Kier molecular flexibility index (Phi) is 4.03. The number of amides is 1. The fraction of sp³-hybridized carbons (Fsp3) is 0.714. The molecule has 0 aliphatic carbocycles. The first-order valence-corrected chi connectivity index (χ1v) is 7.34. The van der Waals surface area contributed by atoms with Crippen molar-refractivity contribution in [2.75, 3.05) is 32.8 Å². The molecule has 1 N–H and O–H groups in total. The van der Waals surface area contributed by atoms with E-state index in [1.54, 1.807) is 0 Å². The molecule has 1 amide bonds. The molecule has 1 fully saturated rings. The van der Waals surface area contributed by atoms with E-state index in [9.17, 15) is 4.79 Å². The maximum absolute atomic E-state index is 12.4. The van der Waals surface area contributed by atoms with Gasteiger partial charge in [0, 0.05) is 56.3 Å². The van der Waals surface area contributed by atoms with Gasteiger partial charge in [-0.3, -0.25) is 14.8 Å². The molecule has 0 unspecified atom stereocenters. The zero-order valence-corrected chi connectivity index (χ0v) is 12.0. The number of nitrogens with zero attached hydrogens (tertiary/aromatic N) is 3. The van der Waals surface area contributed by atoms with Crippen LogP contribution >= 0.6 is 0 Å². The molecule has 1 saturated heterocycles. The van der Waals surface area contributed by atoms with E-state index in [0.717, 1.165) is 44.8 Å². The molecule has 2 aliphatic rings. The van der Waals surface area contributed by atoms with Crippen LogP contribution in [0, 0.1) is 0 Å². The summed E-state index contributed by atoms with van der Waals surface area (Å²) in [6.07, 6.45) is 3.31. The molecule has 6 nitrogen and oxygen atoms in total. The van der Waals surface area contributed by atoms with Gasteiger partial charge in [0.25, 0.3) is 0 Å². The molecule has 20 heavy (non-hydrogen) atoms. The third-order valence-electron chi connectivity index (χ3n) is 4.29. The van der Waals surface area contributed by atoms with Crippen LogP contribution < -0.4 is 0 Å². The number of morpholine rings is 1. The Balaban J connectivity index is 1.54. The number of hydrogen-bond donors (Lipinski definition) is 1. The van der Waals surface area contributed by atoms with Crippen LogP contribution in [-0.4, -0.2) is 64.8 Å². The van der Waals surface area contributed by atoms with Crippen LogP contribution in [0.1, 0.15) is 24.6 Å². The van der Waals surface area contributed by atoms with Gasteiger partial charge in [-0.1, -0.05) is 0 Å². The van der Waals surface area contributed by atoms with Gasteiger partial charge in [0.1, 0.15) is 0 Å². The number of aromatic nitrogens is 2. The van der Waals surface area contributed by atoms with E-state index < -0.39 is 0 Å². The number of hydrogen-bond acceptors (Lipinski definition) is 4. The Labute approximate surface area is 119 Å². The lowest BCUT2D eigenvalue weighted by Gasteiger charge is -2.34. The van der Waals surface area contributed by atoms with Crippen molar-refractivity contribution < 1.29 is 9.53 Å². The van der Waals surface area contributed by atoms with Crippen LogP contribution in [0.2, 0.25) is 0 Å². The number of nitrogens with one attached hydrogen (secondary N) is 1. The number of rotatable bonds is 3. The van der Waals surface area contributed by atoms with E-state index in [4.69, 9.17) is 4.74 Å². The fourth-order valence-corrected chi connectivity index (χ4v) is 2.96. The van der Waals surface area contributed by atoms with Crippen molar-refractivity contribution in [3.05, 3.63) is 17.5 Å². The van der Waals surface area contributed by atoms with Crippen LogP contribution in [-0.2, 0) is 22.5 Å². The Morgan fingerprint density at radius 3 is 3.05 bits per heavy atom. The standard InChI is InChI=1S/C14H22N4O2/c1-11(17-4-6-20-7-5-17)8-14(19)18-3-2-13-12(10-18)9-15-16-13/h9,11H,2-8,10H2,1H3,(H,15,16)/t11-/m0/s1. The van der Waals surface area contributed by atoms with Crippen LogP contribution in [0.3, 0.4) is 0 Å². The first-order chi connectivity index (χ1) is 9.74. The number of fused-ring (bicyclic) bond motifs is 1. The predicted molar refractivity (Wildman–Crippen MR) is 74.2 cm³/mol. The fourth-order valence-electron chi connectivity index (χ4n) is 2.96. The summed E-state index contributed by atoms with van der Waals surface area (Å²) >= 11 is 0. The van der Waals surface area contributed by atoms with E-state index in [-0.39, 0.29) is 11.9 Å². The Hall–Kier alpha value is -1.40. The third kappa shape index (κ3) is 2.86. The lowest BCUT2D eigenvalue weighted by Crippen LogP contribution is -2.45. The second-order valence-corrected chi connectivity index (χ2v) is 5.64. The van der Waals surface area contributed by atoms with Gasteiger partial charge in [-0.05, 0) is 6.92 Å². The van der Waals surface area contributed by atoms with E-state index in [1.165, 1.54) is 5.69 Å². The number of carbonyl (C=O) groups excluding carboxylic acids is 1. The van der Waals surface area contributed by atoms with Crippen molar-refractivity contribution in [2.45, 2.75) is 32.4 Å². The van der Waals surface area contributed by atoms with Crippen molar-refractivity contribution in [3.63, 3.8) is 0 Å². The number of carbonyl (C=O) groups is 1. The van der Waals surface area contributed by atoms with E-state index in [1.807, 2.05) is 11.1 Å². The van der Waals surface area contributed by atoms with Gasteiger partial charge in [-0.2, -0.15) is 5.10 Å². The molecule has 0 aromatic carbocycles. The second-order valence-electron chi connectivity index (χ2n) is 5.64. The third-order valence-corrected chi connectivity index (χ3v) is 4.29. The Bertz CT molecular complexity index is 467. The molecule has 0 saturated carbocycles. The molecule has 3 rings (SSSR count). The van der Waals surface area contributed by atoms with E-state index in [2.05, 4.69) is 22.0 Å². The minimum atomic E-state index is 0.246. The van der Waals surface area contributed by atoms with Crippen LogP contribution in [0.4, 0.5) is 0 Å². The molecule has 1 aromatic heterocycles. The smallest absolute Gasteiger partial charge is 0.224 e. The highest BCUT2D eigenvalue weighted by molar-refractivity contribution is 5.77. The highest BCUT2D eigenvalue weighted by Crippen LogP contribution is 2.18. The number of H-pyrrole nitrogens is 1. The Morgan fingerprint density at radius 2 is 2.25 bits per heavy atom. The summed E-state index contributed by atoms with van der Waals surface area (Å²) in [5, 5.41) is 7.05. The molecule has 110 valence electrons. The highest BCUT2D eigenvalue weighted by Gasteiger charge is 2.25. The summed E-state index contributed by atoms with van der Waals surface area (Å²) < 4.78 is 5.35. The minimum Gasteiger partial charge on any atom is -0.379 e. The average molecular weight is 278 g/mol. The molecule has 6 heteroatoms. The summed E-state index contributed by atoms with van der Waals surface area (Å²) in [5.74, 6) is 0.246. The number of aromatic amines is 1. The van der Waals surface area contributed by atoms with Gasteiger partial charge in [0.05, 0.1) is 19.4 Å². The molecule has 1 atom stereocenters. The lowest BCUT2D eigenvalue weighted by molar-refractivity contribution is -0.133. The van der Waals surface area contributed by atoms with E-state index >= 15 is 0 Å². The number of ether oxygens (including phenoxy) is 1. The molecule has 1 aromatic rings. The van der Waals surface area contributed by atoms with Crippen molar-refractivity contribution in [2.24, 2.45) is 0 Å². The van der Waals surface area contributed by atoms with Gasteiger partial charge >= 0.3 is 0 Å². The normalized spacial score (nSPS) is 21.6. The predicted octanol–water partition coefficient (Wildman–Crippen LogP) is 0.405. The van der Waals surface area contributed by atoms with Gasteiger partial charge in [-0.25, -0.2) is 0 Å². The summed E-state index contributed by atoms with van der Waals surface area (Å²) in [6, 6.07) is 0.289. The van der Waals surface area contributed by atoms with Crippen molar-refractivity contribution in [3.8, 4) is 0 Å². The van der Waals surface area contributed by atoms with Gasteiger partial charge < -0.3 is 9.64 Å². The quantitative estimate of drug-likeness (QED) is 0.869. The monoisotopic (exact) mass is 278 g/mol. The maximum Gasteiger partial charge on any atom is 0.224 e. The van der Waals surface area contributed by atoms with Crippen LogP contribution in [0.15, 0.2) is 6.20 Å². The highest BCUT2D eigenvalue weighted by atomic mass is 16.5. The summed E-state index contributed by atoms with van der Waals surface area (Å²) in [7, 11) is 0. The molecule has 0 bridgehead atoms. The van der Waals surface area contributed by atoms with E-state index in [0.29, 0.717) is 13.0 Å². The summed E-state index contributed by atoms with van der Waals surface area (Å²) in [4.78, 5) is 16.7. The van der Waals surface area contributed by atoms with Crippen molar-refractivity contribution in [1.29, 1.82) is 0 Å². The van der Waals surface area contributed by atoms with Crippen LogP contribution in [0.5, 0.6) is 0 Å². The topological polar surface area (TPSA) is 61.5 Å². The van der Waals surface area contributed by atoms with Crippen LogP contribution in [0.25, 0.3) is 0 Å². The molecule has 0 radical (unpaired) electrons. The summed E-state index contributed by atoms with van der Waals surface area (Å²) in [5.41, 5.74) is 2.33. The Morgan fingerprint density at radius 1 is 1.45 bits per heavy atom. The molecular weight excluding hydrogens is 256 g/mol. The largest absolute Gasteiger partial charge is 0.379 e. The SMILES string of the molecule is C[C@@H](CC(=O)N1CCc2[nH]ncc2C1)N1CCOCC1. The molecule has 3 heterocycles. The maximum atomic E-state index is 12.4. The van der Waals surface area contributed by atoms with Crippen molar-refractivity contribution >= 4 is 5.91 Å². The second kappa shape index (κ2) is 5.93. The zero-order chi connectivity index (χ0) is 13.9. The van der Waals surface area contributed by atoms with Crippen molar-refractivity contribution in [1.82, 2.24) is 20.0 Å². The lowest BCUT2D eigenvalue weighted by atomic mass is 10.1. The van der Waals surface area contributed by atoms with Gasteiger partial charge in [0.2, 0.25) is 5.91 Å². The minimum absolute atomic E-state index is 0.246. The van der Waals surface area contributed by atoms with Gasteiger partial charge in [-0.15, -0.1) is 0 Å².